The fourth-order valence-electron chi connectivity index (χ4n) is 2.15. The maximum absolute atomic E-state index is 5.78. The van der Waals surface area contributed by atoms with Crippen LogP contribution >= 0.6 is 0 Å². The number of nitrogens with one attached hydrogen (secondary N) is 2. The van der Waals surface area contributed by atoms with Crippen LogP contribution in [0.1, 0.15) is 5.69 Å². The lowest BCUT2D eigenvalue weighted by Crippen LogP contribution is -2.04. The predicted molar refractivity (Wildman–Crippen MR) is 81.3 cm³/mol. The van der Waals surface area contributed by atoms with E-state index in [0.29, 0.717) is 6.61 Å². The summed E-state index contributed by atoms with van der Waals surface area (Å²) in [4.78, 5) is 7.65. The highest BCUT2D eigenvalue weighted by Crippen LogP contribution is 2.19. The molecule has 1 aromatic carbocycles. The van der Waals surface area contributed by atoms with E-state index in [-0.39, 0.29) is 0 Å². The van der Waals surface area contributed by atoms with Crippen molar-refractivity contribution in [3.63, 3.8) is 0 Å². The van der Waals surface area contributed by atoms with E-state index in [1.807, 2.05) is 49.6 Å². The van der Waals surface area contributed by atoms with Crippen LogP contribution in [-0.4, -0.2) is 23.6 Å². The minimum absolute atomic E-state index is 0.617. The van der Waals surface area contributed by atoms with Gasteiger partial charge in [-0.15, -0.1) is 0 Å². The van der Waals surface area contributed by atoms with Crippen molar-refractivity contribution in [2.75, 3.05) is 19.0 Å². The lowest BCUT2D eigenvalue weighted by Gasteiger charge is -2.07. The van der Waals surface area contributed by atoms with Gasteiger partial charge in [0, 0.05) is 36.9 Å². The van der Waals surface area contributed by atoms with Gasteiger partial charge in [0.15, 0.2) is 0 Å². The number of hydrogen-bond donors (Lipinski definition) is 2. The second-order valence-corrected chi connectivity index (χ2v) is 4.59. The van der Waals surface area contributed by atoms with E-state index in [2.05, 4.69) is 21.4 Å². The molecule has 3 rings (SSSR count). The van der Waals surface area contributed by atoms with Crippen molar-refractivity contribution in [1.29, 1.82) is 0 Å². The lowest BCUT2D eigenvalue weighted by molar-refractivity contribution is 0.321. The van der Waals surface area contributed by atoms with E-state index in [1.54, 1.807) is 0 Å². The van der Waals surface area contributed by atoms with Gasteiger partial charge in [0.05, 0.1) is 6.61 Å². The molecule has 0 aliphatic carbocycles. The summed E-state index contributed by atoms with van der Waals surface area (Å²) in [6, 6.07) is 14.1. The average molecular weight is 267 g/mol. The third-order valence-corrected chi connectivity index (χ3v) is 3.22. The number of rotatable bonds is 5. The van der Waals surface area contributed by atoms with E-state index in [4.69, 9.17) is 4.74 Å². The largest absolute Gasteiger partial charge is 0.493 e. The smallest absolute Gasteiger partial charge is 0.125 e. The second-order valence-electron chi connectivity index (χ2n) is 4.59. The summed E-state index contributed by atoms with van der Waals surface area (Å²) >= 11 is 0. The topological polar surface area (TPSA) is 49.9 Å². The number of anilines is 1. The first-order chi connectivity index (χ1) is 9.85. The standard InChI is InChI=1S/C16H17N3O/c1-17-16-4-2-3-13(19-16)8-10-20-14-6-5-12-7-9-18-15(12)11-14/h2-7,9,11,18H,8,10H2,1H3,(H,17,19). The van der Waals surface area contributed by atoms with E-state index in [9.17, 15) is 0 Å². The maximum Gasteiger partial charge on any atom is 0.125 e. The normalized spacial score (nSPS) is 10.7. The van der Waals surface area contributed by atoms with Gasteiger partial charge in [-0.25, -0.2) is 4.98 Å². The Hall–Kier alpha value is -2.49. The minimum atomic E-state index is 0.617. The molecular weight excluding hydrogens is 250 g/mol. The van der Waals surface area contributed by atoms with Crippen molar-refractivity contribution in [2.45, 2.75) is 6.42 Å². The van der Waals surface area contributed by atoms with Gasteiger partial charge in [0.25, 0.3) is 0 Å². The first-order valence-corrected chi connectivity index (χ1v) is 6.69. The van der Waals surface area contributed by atoms with Gasteiger partial charge in [-0.3, -0.25) is 0 Å². The molecule has 0 fully saturated rings. The van der Waals surface area contributed by atoms with E-state index in [1.165, 1.54) is 5.39 Å². The molecule has 0 unspecified atom stereocenters. The molecule has 3 aromatic rings. The van der Waals surface area contributed by atoms with Crippen LogP contribution in [-0.2, 0) is 6.42 Å². The number of aromatic nitrogens is 2. The summed E-state index contributed by atoms with van der Waals surface area (Å²) < 4.78 is 5.78. The minimum Gasteiger partial charge on any atom is -0.493 e. The SMILES string of the molecule is CNc1cccc(CCOc2ccc3cc[nH]c3c2)n1. The number of aromatic amines is 1. The van der Waals surface area contributed by atoms with Crippen molar-refractivity contribution in [3.8, 4) is 5.75 Å². The molecule has 0 bridgehead atoms. The molecule has 4 heteroatoms. The van der Waals surface area contributed by atoms with Crippen LogP contribution in [0.5, 0.6) is 5.75 Å². The third-order valence-electron chi connectivity index (χ3n) is 3.22. The van der Waals surface area contributed by atoms with Crippen molar-refractivity contribution in [1.82, 2.24) is 9.97 Å². The number of fused-ring (bicyclic) bond motifs is 1. The maximum atomic E-state index is 5.78. The highest BCUT2D eigenvalue weighted by molar-refractivity contribution is 5.80. The van der Waals surface area contributed by atoms with Gasteiger partial charge >= 0.3 is 0 Å². The van der Waals surface area contributed by atoms with Gasteiger partial charge in [-0.05, 0) is 35.7 Å². The lowest BCUT2D eigenvalue weighted by atomic mass is 10.2. The van der Waals surface area contributed by atoms with Gasteiger partial charge < -0.3 is 15.0 Å². The third kappa shape index (κ3) is 2.74. The zero-order chi connectivity index (χ0) is 13.8. The number of hydrogen-bond acceptors (Lipinski definition) is 3. The van der Waals surface area contributed by atoms with Crippen LogP contribution in [0.25, 0.3) is 10.9 Å². The molecule has 2 N–H and O–H groups in total. The van der Waals surface area contributed by atoms with Crippen LogP contribution in [0.15, 0.2) is 48.7 Å². The first-order valence-electron chi connectivity index (χ1n) is 6.69. The molecule has 2 heterocycles. The Morgan fingerprint density at radius 2 is 2.15 bits per heavy atom. The van der Waals surface area contributed by atoms with Crippen molar-refractivity contribution in [2.24, 2.45) is 0 Å². The van der Waals surface area contributed by atoms with E-state index >= 15 is 0 Å². The average Bonchev–Trinajstić information content (AvgIpc) is 2.95. The van der Waals surface area contributed by atoms with Gasteiger partial charge in [-0.1, -0.05) is 6.07 Å². The van der Waals surface area contributed by atoms with Gasteiger partial charge in [0.1, 0.15) is 11.6 Å². The van der Waals surface area contributed by atoms with Gasteiger partial charge in [0.2, 0.25) is 0 Å². The van der Waals surface area contributed by atoms with Crippen molar-refractivity contribution in [3.05, 3.63) is 54.4 Å². The molecule has 0 atom stereocenters. The fourth-order valence-corrected chi connectivity index (χ4v) is 2.15. The molecule has 0 amide bonds. The summed E-state index contributed by atoms with van der Waals surface area (Å²) in [6.07, 6.45) is 2.72. The molecular formula is C16H17N3O. The highest BCUT2D eigenvalue weighted by Gasteiger charge is 2.00. The molecule has 0 radical (unpaired) electrons. The van der Waals surface area contributed by atoms with Crippen LogP contribution < -0.4 is 10.1 Å². The molecule has 0 saturated heterocycles. The Bertz CT molecular complexity index is 706. The van der Waals surface area contributed by atoms with Crippen molar-refractivity contribution >= 4 is 16.7 Å². The van der Waals surface area contributed by atoms with Gasteiger partial charge in [-0.2, -0.15) is 0 Å². The molecule has 0 aliphatic rings. The fraction of sp³-hybridized carbons (Fsp3) is 0.188. The van der Waals surface area contributed by atoms with E-state index in [0.717, 1.165) is 29.2 Å². The second kappa shape index (κ2) is 5.65. The summed E-state index contributed by atoms with van der Waals surface area (Å²) in [5.41, 5.74) is 2.12. The zero-order valence-electron chi connectivity index (χ0n) is 11.4. The predicted octanol–water partition coefficient (Wildman–Crippen LogP) is 3.23. The van der Waals surface area contributed by atoms with E-state index < -0.39 is 0 Å². The number of H-pyrrole nitrogens is 1. The molecule has 0 spiro atoms. The van der Waals surface area contributed by atoms with Crippen LogP contribution in [0.4, 0.5) is 5.82 Å². The number of nitrogens with zero attached hydrogens (tertiary/aromatic N) is 1. The number of ether oxygens (including phenoxy) is 1. The Morgan fingerprint density at radius 3 is 3.05 bits per heavy atom. The molecule has 2 aromatic heterocycles. The molecule has 102 valence electrons. The Labute approximate surface area is 117 Å². The molecule has 20 heavy (non-hydrogen) atoms. The Balaban J connectivity index is 1.61. The Morgan fingerprint density at radius 1 is 1.20 bits per heavy atom. The summed E-state index contributed by atoms with van der Waals surface area (Å²) in [5.74, 6) is 1.76. The zero-order valence-corrected chi connectivity index (χ0v) is 11.4. The van der Waals surface area contributed by atoms with Crippen LogP contribution in [0, 0.1) is 0 Å². The molecule has 0 saturated carbocycles. The summed E-state index contributed by atoms with van der Waals surface area (Å²) in [6.45, 7) is 0.617. The molecule has 0 aliphatic heterocycles. The molecule has 4 nitrogen and oxygen atoms in total. The Kier molecular flexibility index (Phi) is 3.54. The van der Waals surface area contributed by atoms with Crippen molar-refractivity contribution < 1.29 is 4.74 Å². The highest BCUT2D eigenvalue weighted by atomic mass is 16.5. The monoisotopic (exact) mass is 267 g/mol. The number of benzene rings is 1. The quantitative estimate of drug-likeness (QED) is 0.746. The first kappa shape index (κ1) is 12.5. The summed E-state index contributed by atoms with van der Waals surface area (Å²) in [7, 11) is 1.87. The summed E-state index contributed by atoms with van der Waals surface area (Å²) in [5, 5.41) is 4.23. The van der Waals surface area contributed by atoms with Crippen LogP contribution in [0.2, 0.25) is 0 Å². The number of pyridine rings is 1. The van der Waals surface area contributed by atoms with Crippen LogP contribution in [0.3, 0.4) is 0 Å².